The van der Waals surface area contributed by atoms with E-state index in [-0.39, 0.29) is 16.5 Å². The third-order valence-corrected chi connectivity index (χ3v) is 4.58. The number of nitrogens with one attached hydrogen (secondary N) is 2. The maximum atomic E-state index is 12.1. The minimum atomic E-state index is -3.74. The van der Waals surface area contributed by atoms with Crippen LogP contribution in [0.1, 0.15) is 27.2 Å². The molecule has 0 saturated carbocycles. The van der Waals surface area contributed by atoms with Gasteiger partial charge in [-0.3, -0.25) is 10.1 Å². The third-order valence-electron chi connectivity index (χ3n) is 3.16. The van der Waals surface area contributed by atoms with Crippen LogP contribution in [0.2, 0.25) is 0 Å². The fourth-order valence-electron chi connectivity index (χ4n) is 1.65. The monoisotopic (exact) mass is 315 g/mol. The highest BCUT2D eigenvalue weighted by Crippen LogP contribution is 2.27. The SMILES string of the molecule is CCNc1ccc(S(=O)(=O)NCC(C)CC)cc1[N+](=O)[O-]. The van der Waals surface area contributed by atoms with E-state index in [0.717, 1.165) is 12.5 Å². The van der Waals surface area contributed by atoms with Gasteiger partial charge >= 0.3 is 0 Å². The van der Waals surface area contributed by atoms with Gasteiger partial charge in [0.1, 0.15) is 5.69 Å². The van der Waals surface area contributed by atoms with E-state index in [1.165, 1.54) is 12.1 Å². The second-order valence-corrected chi connectivity index (χ2v) is 6.60. The molecular formula is C13H21N3O4S. The van der Waals surface area contributed by atoms with Gasteiger partial charge in [0.15, 0.2) is 0 Å². The first-order valence-corrected chi connectivity index (χ1v) is 8.32. The van der Waals surface area contributed by atoms with E-state index in [9.17, 15) is 18.5 Å². The minimum absolute atomic E-state index is 0.0980. The zero-order valence-electron chi connectivity index (χ0n) is 12.4. The molecular weight excluding hydrogens is 294 g/mol. The summed E-state index contributed by atoms with van der Waals surface area (Å²) in [5.41, 5.74) is 0.0617. The summed E-state index contributed by atoms with van der Waals surface area (Å²) in [6, 6.07) is 3.86. The first-order valence-electron chi connectivity index (χ1n) is 6.83. The fourth-order valence-corrected chi connectivity index (χ4v) is 2.83. The van der Waals surface area contributed by atoms with Gasteiger partial charge in [-0.25, -0.2) is 13.1 Å². The fraction of sp³-hybridized carbons (Fsp3) is 0.538. The number of rotatable bonds is 8. The molecule has 0 bridgehead atoms. The number of benzene rings is 1. The van der Waals surface area contributed by atoms with Crippen molar-refractivity contribution in [3.63, 3.8) is 0 Å². The molecule has 0 fully saturated rings. The third kappa shape index (κ3) is 4.68. The number of anilines is 1. The molecule has 0 aromatic heterocycles. The second kappa shape index (κ2) is 7.37. The van der Waals surface area contributed by atoms with E-state index < -0.39 is 14.9 Å². The first-order chi connectivity index (χ1) is 9.81. The number of nitrogens with zero attached hydrogens (tertiary/aromatic N) is 1. The molecule has 21 heavy (non-hydrogen) atoms. The van der Waals surface area contributed by atoms with Crippen molar-refractivity contribution in [2.45, 2.75) is 32.1 Å². The first kappa shape index (κ1) is 17.4. The lowest BCUT2D eigenvalue weighted by molar-refractivity contribution is -0.384. The Balaban J connectivity index is 3.07. The standard InChI is InChI=1S/C13H21N3O4S/c1-4-10(3)9-15-21(19,20)11-6-7-12(14-5-2)13(8-11)16(17)18/h6-8,10,14-15H,4-5,9H2,1-3H3. The van der Waals surface area contributed by atoms with Crippen LogP contribution < -0.4 is 10.0 Å². The average Bonchev–Trinajstić information content (AvgIpc) is 2.45. The Labute approximate surface area is 124 Å². The largest absolute Gasteiger partial charge is 0.380 e. The predicted octanol–water partition coefficient (Wildman–Crippen LogP) is 2.35. The molecule has 0 aliphatic heterocycles. The van der Waals surface area contributed by atoms with Crippen LogP contribution in [0.5, 0.6) is 0 Å². The van der Waals surface area contributed by atoms with Crippen molar-refractivity contribution in [2.75, 3.05) is 18.4 Å². The highest BCUT2D eigenvalue weighted by atomic mass is 32.2. The summed E-state index contributed by atoms with van der Waals surface area (Å²) < 4.78 is 26.8. The van der Waals surface area contributed by atoms with Gasteiger partial charge in [-0.1, -0.05) is 20.3 Å². The summed E-state index contributed by atoms with van der Waals surface area (Å²) in [6.45, 7) is 6.52. The molecule has 0 spiro atoms. The van der Waals surface area contributed by atoms with Crippen molar-refractivity contribution in [1.82, 2.24) is 4.72 Å². The summed E-state index contributed by atoms with van der Waals surface area (Å²) in [5.74, 6) is 0.204. The molecule has 1 unspecified atom stereocenters. The van der Waals surface area contributed by atoms with Crippen LogP contribution in [0.25, 0.3) is 0 Å². The molecule has 0 heterocycles. The Morgan fingerprint density at radius 2 is 2.00 bits per heavy atom. The maximum Gasteiger partial charge on any atom is 0.293 e. The Hall–Kier alpha value is -1.67. The maximum absolute atomic E-state index is 12.1. The van der Waals surface area contributed by atoms with Crippen LogP contribution >= 0.6 is 0 Å². The van der Waals surface area contributed by atoms with Gasteiger partial charge in [-0.05, 0) is 25.0 Å². The van der Waals surface area contributed by atoms with E-state index in [0.29, 0.717) is 18.8 Å². The molecule has 1 aromatic rings. The van der Waals surface area contributed by atoms with Gasteiger partial charge < -0.3 is 5.32 Å². The van der Waals surface area contributed by atoms with Gasteiger partial charge in [0.05, 0.1) is 9.82 Å². The smallest absolute Gasteiger partial charge is 0.293 e. The molecule has 1 rings (SSSR count). The van der Waals surface area contributed by atoms with Crippen LogP contribution in [0, 0.1) is 16.0 Å². The molecule has 8 heteroatoms. The van der Waals surface area contributed by atoms with E-state index in [4.69, 9.17) is 0 Å². The Bertz CT molecular complexity index is 601. The molecule has 1 aromatic carbocycles. The predicted molar refractivity (Wildman–Crippen MR) is 81.9 cm³/mol. The lowest BCUT2D eigenvalue weighted by Gasteiger charge is -2.11. The van der Waals surface area contributed by atoms with Crippen molar-refractivity contribution >= 4 is 21.4 Å². The van der Waals surface area contributed by atoms with E-state index in [2.05, 4.69) is 10.0 Å². The zero-order chi connectivity index (χ0) is 16.0. The summed E-state index contributed by atoms with van der Waals surface area (Å²) in [5, 5.41) is 13.9. The summed E-state index contributed by atoms with van der Waals surface area (Å²) in [7, 11) is -3.74. The number of hydrogen-bond donors (Lipinski definition) is 2. The lowest BCUT2D eigenvalue weighted by Crippen LogP contribution is -2.28. The highest BCUT2D eigenvalue weighted by molar-refractivity contribution is 7.89. The van der Waals surface area contributed by atoms with Crippen molar-refractivity contribution in [3.8, 4) is 0 Å². The van der Waals surface area contributed by atoms with Crippen molar-refractivity contribution in [1.29, 1.82) is 0 Å². The lowest BCUT2D eigenvalue weighted by atomic mass is 10.1. The molecule has 7 nitrogen and oxygen atoms in total. The van der Waals surface area contributed by atoms with Crippen LogP contribution in [0.3, 0.4) is 0 Å². The number of hydrogen-bond acceptors (Lipinski definition) is 5. The Morgan fingerprint density at radius 3 is 2.52 bits per heavy atom. The van der Waals surface area contributed by atoms with Crippen molar-refractivity contribution in [3.05, 3.63) is 28.3 Å². The summed E-state index contributed by atoms with van der Waals surface area (Å²) in [6.07, 6.45) is 0.849. The number of sulfonamides is 1. The summed E-state index contributed by atoms with van der Waals surface area (Å²) >= 11 is 0. The minimum Gasteiger partial charge on any atom is -0.380 e. The Morgan fingerprint density at radius 1 is 1.33 bits per heavy atom. The van der Waals surface area contributed by atoms with Crippen LogP contribution in [-0.4, -0.2) is 26.4 Å². The van der Waals surface area contributed by atoms with Gasteiger partial charge in [0.2, 0.25) is 10.0 Å². The quantitative estimate of drug-likeness (QED) is 0.566. The molecule has 0 aliphatic carbocycles. The molecule has 2 N–H and O–H groups in total. The van der Waals surface area contributed by atoms with Gasteiger partial charge in [0, 0.05) is 19.2 Å². The van der Waals surface area contributed by atoms with Crippen molar-refractivity contribution in [2.24, 2.45) is 5.92 Å². The second-order valence-electron chi connectivity index (χ2n) is 4.83. The van der Waals surface area contributed by atoms with Crippen LogP contribution in [0.4, 0.5) is 11.4 Å². The van der Waals surface area contributed by atoms with Gasteiger partial charge in [-0.15, -0.1) is 0 Å². The number of nitro groups is 1. The van der Waals surface area contributed by atoms with E-state index in [1.54, 1.807) is 0 Å². The molecule has 1 atom stereocenters. The molecule has 0 radical (unpaired) electrons. The number of nitro benzene ring substituents is 1. The van der Waals surface area contributed by atoms with Gasteiger partial charge in [0.25, 0.3) is 5.69 Å². The molecule has 0 aliphatic rings. The topological polar surface area (TPSA) is 101 Å². The van der Waals surface area contributed by atoms with Crippen LogP contribution in [0.15, 0.2) is 23.1 Å². The molecule has 0 saturated heterocycles. The van der Waals surface area contributed by atoms with E-state index in [1.807, 2.05) is 20.8 Å². The Kier molecular flexibility index (Phi) is 6.10. The molecule has 0 amide bonds. The van der Waals surface area contributed by atoms with Crippen molar-refractivity contribution < 1.29 is 13.3 Å². The molecule has 118 valence electrons. The van der Waals surface area contributed by atoms with E-state index >= 15 is 0 Å². The van der Waals surface area contributed by atoms with Crippen LogP contribution in [-0.2, 0) is 10.0 Å². The zero-order valence-corrected chi connectivity index (χ0v) is 13.2. The average molecular weight is 315 g/mol. The van der Waals surface area contributed by atoms with Gasteiger partial charge in [-0.2, -0.15) is 0 Å². The highest BCUT2D eigenvalue weighted by Gasteiger charge is 2.21. The summed E-state index contributed by atoms with van der Waals surface area (Å²) in [4.78, 5) is 10.3. The normalized spacial score (nSPS) is 12.9.